The summed E-state index contributed by atoms with van der Waals surface area (Å²) in [6.07, 6.45) is 0.0397. The van der Waals surface area contributed by atoms with Crippen LogP contribution in [0.25, 0.3) is 0 Å². The molecule has 7 nitrogen and oxygen atoms in total. The molecule has 1 aliphatic heterocycles. The van der Waals surface area contributed by atoms with Crippen LogP contribution in [0.2, 0.25) is 0 Å². The van der Waals surface area contributed by atoms with Crippen LogP contribution >= 0.6 is 0 Å². The molecular formula is C23H26N2O5. The molecule has 0 saturated carbocycles. The summed E-state index contributed by atoms with van der Waals surface area (Å²) >= 11 is 0. The quantitative estimate of drug-likeness (QED) is 0.709. The SMILES string of the molecule is CCOc1ccccc1N1C[C@@H](C(=O)OCC(=O)Nc2ccc(C)cc2C)CC1=O. The van der Waals surface area contributed by atoms with E-state index in [-0.39, 0.29) is 18.9 Å². The second-order valence-electron chi connectivity index (χ2n) is 7.28. The lowest BCUT2D eigenvalue weighted by atomic mass is 10.1. The fraction of sp³-hybridized carbons (Fsp3) is 0.348. The van der Waals surface area contributed by atoms with E-state index in [4.69, 9.17) is 9.47 Å². The average Bonchev–Trinajstić information content (AvgIpc) is 3.10. The molecule has 3 rings (SSSR count). The van der Waals surface area contributed by atoms with Gasteiger partial charge in [-0.25, -0.2) is 0 Å². The van der Waals surface area contributed by atoms with E-state index in [9.17, 15) is 14.4 Å². The van der Waals surface area contributed by atoms with Gasteiger partial charge in [0.15, 0.2) is 6.61 Å². The molecule has 1 saturated heterocycles. The van der Waals surface area contributed by atoms with E-state index < -0.39 is 24.4 Å². The third-order valence-electron chi connectivity index (χ3n) is 4.92. The van der Waals surface area contributed by atoms with Crippen LogP contribution in [-0.4, -0.2) is 37.5 Å². The van der Waals surface area contributed by atoms with Gasteiger partial charge in [-0.2, -0.15) is 0 Å². The highest BCUT2D eigenvalue weighted by Gasteiger charge is 2.37. The van der Waals surface area contributed by atoms with Crippen LogP contribution in [0.1, 0.15) is 24.5 Å². The van der Waals surface area contributed by atoms with E-state index in [1.807, 2.05) is 51.1 Å². The predicted octanol–water partition coefficient (Wildman–Crippen LogP) is 3.24. The molecule has 2 amide bonds. The van der Waals surface area contributed by atoms with Gasteiger partial charge in [0.25, 0.3) is 5.91 Å². The summed E-state index contributed by atoms with van der Waals surface area (Å²) in [4.78, 5) is 38.6. The van der Waals surface area contributed by atoms with Gasteiger partial charge in [0.1, 0.15) is 5.75 Å². The van der Waals surface area contributed by atoms with Gasteiger partial charge in [0, 0.05) is 18.7 Å². The molecule has 0 spiro atoms. The molecule has 0 radical (unpaired) electrons. The van der Waals surface area contributed by atoms with Crippen LogP contribution in [0.15, 0.2) is 42.5 Å². The van der Waals surface area contributed by atoms with Crippen LogP contribution in [0.3, 0.4) is 0 Å². The van der Waals surface area contributed by atoms with Gasteiger partial charge >= 0.3 is 5.97 Å². The van der Waals surface area contributed by atoms with E-state index in [2.05, 4.69) is 5.32 Å². The summed E-state index contributed by atoms with van der Waals surface area (Å²) < 4.78 is 10.8. The van der Waals surface area contributed by atoms with Crippen molar-refractivity contribution in [1.82, 2.24) is 0 Å². The topological polar surface area (TPSA) is 84.9 Å². The first kappa shape index (κ1) is 21.4. The second-order valence-corrected chi connectivity index (χ2v) is 7.28. The highest BCUT2D eigenvalue weighted by Crippen LogP contribution is 2.33. The molecule has 2 aromatic carbocycles. The Kier molecular flexibility index (Phi) is 6.72. The number of benzene rings is 2. The van der Waals surface area contributed by atoms with Crippen LogP contribution in [0.5, 0.6) is 5.75 Å². The number of hydrogen-bond acceptors (Lipinski definition) is 5. The molecular weight excluding hydrogens is 384 g/mol. The standard InChI is InChI=1S/C23H26N2O5/c1-4-29-20-8-6-5-7-19(20)25-13-17(12-22(25)27)23(28)30-14-21(26)24-18-10-9-15(2)11-16(18)3/h5-11,17H,4,12-14H2,1-3H3,(H,24,26)/t17-/m0/s1. The van der Waals surface area contributed by atoms with Crippen molar-refractivity contribution in [2.24, 2.45) is 5.92 Å². The van der Waals surface area contributed by atoms with Gasteiger partial charge in [-0.05, 0) is 44.5 Å². The highest BCUT2D eigenvalue weighted by molar-refractivity contribution is 6.01. The van der Waals surface area contributed by atoms with Crippen LogP contribution < -0.4 is 15.0 Å². The minimum atomic E-state index is -0.624. The minimum absolute atomic E-state index is 0.0397. The Hall–Kier alpha value is -3.35. The van der Waals surface area contributed by atoms with Crippen molar-refractivity contribution in [2.45, 2.75) is 27.2 Å². The average molecular weight is 410 g/mol. The number of hydrogen-bond donors (Lipinski definition) is 1. The zero-order valence-electron chi connectivity index (χ0n) is 17.4. The fourth-order valence-corrected chi connectivity index (χ4v) is 3.45. The molecule has 0 aromatic heterocycles. The van der Waals surface area contributed by atoms with Crippen molar-refractivity contribution in [3.05, 3.63) is 53.6 Å². The Morgan fingerprint density at radius 2 is 1.93 bits per heavy atom. The van der Waals surface area contributed by atoms with E-state index in [1.165, 1.54) is 4.90 Å². The number of ether oxygens (including phenoxy) is 2. The number of amides is 2. The van der Waals surface area contributed by atoms with Gasteiger partial charge < -0.3 is 19.7 Å². The lowest BCUT2D eigenvalue weighted by molar-refractivity contribution is -0.151. The number of nitrogens with zero attached hydrogens (tertiary/aromatic N) is 1. The van der Waals surface area contributed by atoms with E-state index in [0.29, 0.717) is 23.7 Å². The summed E-state index contributed by atoms with van der Waals surface area (Å²) in [5, 5.41) is 2.74. The Labute approximate surface area is 176 Å². The van der Waals surface area contributed by atoms with E-state index in [1.54, 1.807) is 12.1 Å². The maximum atomic E-state index is 12.5. The molecule has 1 atom stereocenters. The first-order valence-electron chi connectivity index (χ1n) is 9.95. The lowest BCUT2D eigenvalue weighted by Gasteiger charge is -2.20. The van der Waals surface area contributed by atoms with Gasteiger partial charge in [0.05, 0.1) is 18.2 Å². The van der Waals surface area contributed by atoms with Crippen molar-refractivity contribution in [2.75, 3.05) is 30.0 Å². The Bertz CT molecular complexity index is 956. The van der Waals surface area contributed by atoms with Crippen molar-refractivity contribution >= 4 is 29.2 Å². The summed E-state index contributed by atoms with van der Waals surface area (Å²) in [6, 6.07) is 12.9. The van der Waals surface area contributed by atoms with E-state index in [0.717, 1.165) is 11.1 Å². The monoisotopic (exact) mass is 410 g/mol. The highest BCUT2D eigenvalue weighted by atomic mass is 16.5. The summed E-state index contributed by atoms with van der Waals surface area (Å²) in [6.45, 7) is 6.01. The minimum Gasteiger partial charge on any atom is -0.492 e. The summed E-state index contributed by atoms with van der Waals surface area (Å²) in [7, 11) is 0. The van der Waals surface area contributed by atoms with Crippen molar-refractivity contribution < 1.29 is 23.9 Å². The molecule has 1 heterocycles. The number of anilines is 2. The number of carbonyl (C=O) groups excluding carboxylic acids is 3. The smallest absolute Gasteiger partial charge is 0.311 e. The Morgan fingerprint density at radius 3 is 2.67 bits per heavy atom. The molecule has 7 heteroatoms. The predicted molar refractivity (Wildman–Crippen MR) is 114 cm³/mol. The number of nitrogens with one attached hydrogen (secondary N) is 1. The lowest BCUT2D eigenvalue weighted by Crippen LogP contribution is -2.28. The largest absolute Gasteiger partial charge is 0.492 e. The maximum absolute atomic E-state index is 12.5. The van der Waals surface area contributed by atoms with Crippen LogP contribution in [0.4, 0.5) is 11.4 Å². The summed E-state index contributed by atoms with van der Waals surface area (Å²) in [5.41, 5.74) is 3.33. The van der Waals surface area contributed by atoms with Gasteiger partial charge in [-0.1, -0.05) is 29.8 Å². The fourth-order valence-electron chi connectivity index (χ4n) is 3.45. The zero-order valence-corrected chi connectivity index (χ0v) is 17.4. The van der Waals surface area contributed by atoms with Gasteiger partial charge in [-0.15, -0.1) is 0 Å². The zero-order chi connectivity index (χ0) is 21.7. The Morgan fingerprint density at radius 1 is 1.17 bits per heavy atom. The van der Waals surface area contributed by atoms with Crippen LogP contribution in [-0.2, 0) is 19.1 Å². The number of aryl methyl sites for hydroxylation is 2. The molecule has 2 aromatic rings. The van der Waals surface area contributed by atoms with Crippen molar-refractivity contribution in [1.29, 1.82) is 0 Å². The van der Waals surface area contributed by atoms with E-state index >= 15 is 0 Å². The maximum Gasteiger partial charge on any atom is 0.311 e. The first-order valence-corrected chi connectivity index (χ1v) is 9.95. The third-order valence-corrected chi connectivity index (χ3v) is 4.92. The number of para-hydroxylation sites is 2. The molecule has 30 heavy (non-hydrogen) atoms. The number of rotatable bonds is 7. The molecule has 1 aliphatic rings. The van der Waals surface area contributed by atoms with Gasteiger partial charge in [0.2, 0.25) is 5.91 Å². The Balaban J connectivity index is 1.56. The number of esters is 1. The molecule has 1 fully saturated rings. The number of carbonyl (C=O) groups is 3. The molecule has 1 N–H and O–H groups in total. The normalized spacial score (nSPS) is 15.8. The second kappa shape index (κ2) is 9.43. The molecule has 0 aliphatic carbocycles. The molecule has 0 unspecified atom stereocenters. The summed E-state index contributed by atoms with van der Waals surface area (Å²) in [5.74, 6) is -1.19. The van der Waals surface area contributed by atoms with Crippen LogP contribution in [0, 0.1) is 19.8 Å². The first-order chi connectivity index (χ1) is 14.4. The van der Waals surface area contributed by atoms with Gasteiger partial charge in [-0.3, -0.25) is 14.4 Å². The third kappa shape index (κ3) is 4.97. The molecule has 0 bridgehead atoms. The molecule has 158 valence electrons. The van der Waals surface area contributed by atoms with Crippen molar-refractivity contribution in [3.63, 3.8) is 0 Å². The van der Waals surface area contributed by atoms with Crippen molar-refractivity contribution in [3.8, 4) is 5.75 Å².